The average Bonchev–Trinajstić information content (AvgIpc) is 3.70. The smallest absolute Gasteiger partial charge is 0.349 e. The highest BCUT2D eigenvalue weighted by atomic mass is 19.1. The lowest BCUT2D eigenvalue weighted by Crippen LogP contribution is -2.43. The van der Waals surface area contributed by atoms with Gasteiger partial charge in [-0.1, -0.05) is 12.1 Å². The molecule has 12 heteroatoms. The van der Waals surface area contributed by atoms with Crippen molar-refractivity contribution < 1.29 is 23.0 Å². The number of rotatable bonds is 8. The zero-order chi connectivity index (χ0) is 30.6. The van der Waals surface area contributed by atoms with E-state index in [9.17, 15) is 14.3 Å². The summed E-state index contributed by atoms with van der Waals surface area (Å²) in [7, 11) is 0. The first-order valence-corrected chi connectivity index (χ1v) is 14.8. The second-order valence-corrected chi connectivity index (χ2v) is 11.6. The third-order valence-electron chi connectivity index (χ3n) is 8.83. The average molecular weight is 603 g/mol. The Morgan fingerprint density at radius 3 is 2.91 bits per heavy atom. The first kappa shape index (κ1) is 28.2. The molecule has 0 bridgehead atoms. The molecule has 0 unspecified atom stereocenters. The van der Waals surface area contributed by atoms with E-state index in [0.29, 0.717) is 30.5 Å². The van der Waals surface area contributed by atoms with E-state index in [1.54, 1.807) is 23.7 Å². The predicted octanol–water partition coefficient (Wildman–Crippen LogP) is 5.34. The first-order valence-electron chi connectivity index (χ1n) is 14.8. The molecule has 2 N–H and O–H groups in total. The fourth-order valence-electron chi connectivity index (χ4n) is 6.72. The molecule has 44 heavy (non-hydrogen) atoms. The Labute approximate surface area is 251 Å². The van der Waals surface area contributed by atoms with Crippen LogP contribution in [0.5, 0.6) is 11.8 Å². The molecule has 2 aliphatic rings. The predicted molar refractivity (Wildman–Crippen MR) is 161 cm³/mol. The number of anilines is 1. The molecule has 5 heterocycles. The van der Waals surface area contributed by atoms with Crippen molar-refractivity contribution in [1.82, 2.24) is 24.6 Å². The van der Waals surface area contributed by atoms with Gasteiger partial charge in [0.25, 0.3) is 0 Å². The lowest BCUT2D eigenvalue weighted by atomic mass is 9.95. The number of aryl methyl sites for hydroxylation is 2. The van der Waals surface area contributed by atoms with Crippen molar-refractivity contribution in [3.8, 4) is 23.1 Å². The fraction of sp³-hybridized carbons (Fsp3) is 0.375. The van der Waals surface area contributed by atoms with Crippen molar-refractivity contribution in [2.45, 2.75) is 57.9 Å². The van der Waals surface area contributed by atoms with Gasteiger partial charge in [0.15, 0.2) is 0 Å². The highest BCUT2D eigenvalue weighted by Crippen LogP contribution is 2.41. The number of halogens is 2. The molecule has 228 valence electrons. The van der Waals surface area contributed by atoms with E-state index in [4.69, 9.17) is 9.15 Å². The maximum atomic E-state index is 15.1. The normalized spacial score (nSPS) is 20.0. The van der Waals surface area contributed by atoms with E-state index < -0.39 is 23.2 Å². The standard InChI is InChI=1S/C32H32F2N6O4/c1-3-40-11-8-21(38-40)15-35-29-26-27(36-31(37-29)43-17-32-9-5-10-39(32)16-20(33)14-32)18(2)28(44-30(26)42)23-13-22(41)12-19-6-4-7-24(34)25(19)23/h4,6-8,11-13,20,41H,3,5,9-10,14-17H2,1-2H3,(H,35,36,37)/t20-,32+/m1/s1. The van der Waals surface area contributed by atoms with Crippen LogP contribution < -0.4 is 15.7 Å². The maximum Gasteiger partial charge on any atom is 0.349 e. The van der Waals surface area contributed by atoms with Gasteiger partial charge >= 0.3 is 11.6 Å². The van der Waals surface area contributed by atoms with Crippen LogP contribution in [0.1, 0.15) is 37.4 Å². The summed E-state index contributed by atoms with van der Waals surface area (Å²) in [5, 5.41) is 18.9. The zero-order valence-corrected chi connectivity index (χ0v) is 24.4. The molecular formula is C32H32F2N6O4. The molecule has 2 atom stereocenters. The highest BCUT2D eigenvalue weighted by molar-refractivity contribution is 6.00. The SMILES string of the molecule is CCn1ccc(CNc2nc(OC[C@@]34CCCN3C[C@H](F)C4)nc3c(C)c(-c4cc(O)cc5cccc(F)c45)oc(=O)c23)n1. The summed E-state index contributed by atoms with van der Waals surface area (Å²) in [6.07, 6.45) is 3.11. The number of hydrogen-bond acceptors (Lipinski definition) is 9. The highest BCUT2D eigenvalue weighted by Gasteiger charge is 2.49. The number of alkyl halides is 1. The summed E-state index contributed by atoms with van der Waals surface area (Å²) < 4.78 is 43.3. The van der Waals surface area contributed by atoms with Crippen LogP contribution in [-0.4, -0.2) is 61.2 Å². The van der Waals surface area contributed by atoms with E-state index in [1.165, 1.54) is 18.2 Å². The number of nitrogens with one attached hydrogen (secondary N) is 1. The number of hydrogen-bond donors (Lipinski definition) is 2. The molecular weight excluding hydrogens is 570 g/mol. The van der Waals surface area contributed by atoms with Crippen LogP contribution in [0.2, 0.25) is 0 Å². The number of phenolic OH excluding ortho intramolecular Hbond substituents is 1. The summed E-state index contributed by atoms with van der Waals surface area (Å²) >= 11 is 0. The van der Waals surface area contributed by atoms with Crippen LogP contribution in [0.25, 0.3) is 33.0 Å². The van der Waals surface area contributed by atoms with Crippen molar-refractivity contribution in [2.75, 3.05) is 25.0 Å². The zero-order valence-electron chi connectivity index (χ0n) is 24.4. The van der Waals surface area contributed by atoms with Crippen molar-refractivity contribution >= 4 is 27.5 Å². The van der Waals surface area contributed by atoms with Gasteiger partial charge in [0, 0.05) is 42.2 Å². The molecule has 2 fully saturated rings. The Bertz CT molecular complexity index is 1960. The molecule has 7 rings (SSSR count). The Morgan fingerprint density at radius 1 is 1.23 bits per heavy atom. The van der Waals surface area contributed by atoms with E-state index in [2.05, 4.69) is 25.3 Å². The number of phenols is 1. The van der Waals surface area contributed by atoms with Crippen molar-refractivity contribution in [3.63, 3.8) is 0 Å². The molecule has 0 spiro atoms. The molecule has 2 aromatic carbocycles. The van der Waals surface area contributed by atoms with Crippen molar-refractivity contribution in [3.05, 3.63) is 70.1 Å². The number of fused-ring (bicyclic) bond motifs is 3. The molecule has 0 amide bonds. The summed E-state index contributed by atoms with van der Waals surface area (Å²) in [5.41, 5.74) is 0.485. The number of ether oxygens (including phenoxy) is 1. The summed E-state index contributed by atoms with van der Waals surface area (Å²) in [4.78, 5) is 25.0. The van der Waals surface area contributed by atoms with Crippen LogP contribution >= 0.6 is 0 Å². The van der Waals surface area contributed by atoms with Gasteiger partial charge in [-0.05, 0) is 62.9 Å². The monoisotopic (exact) mass is 602 g/mol. The minimum absolute atomic E-state index is 0.0224. The number of aromatic hydroxyl groups is 1. The minimum Gasteiger partial charge on any atom is -0.508 e. The topological polar surface area (TPSA) is 119 Å². The van der Waals surface area contributed by atoms with Crippen molar-refractivity contribution in [1.29, 1.82) is 0 Å². The third-order valence-corrected chi connectivity index (χ3v) is 8.83. The van der Waals surface area contributed by atoms with Gasteiger partial charge in [-0.3, -0.25) is 9.58 Å². The lowest BCUT2D eigenvalue weighted by molar-refractivity contribution is 0.107. The van der Waals surface area contributed by atoms with E-state index in [1.807, 2.05) is 19.2 Å². The van der Waals surface area contributed by atoms with Crippen LogP contribution in [0, 0.1) is 12.7 Å². The first-order chi connectivity index (χ1) is 21.2. The fourth-order valence-corrected chi connectivity index (χ4v) is 6.72. The molecule has 0 saturated carbocycles. The lowest BCUT2D eigenvalue weighted by Gasteiger charge is -2.30. The number of nitrogens with zero attached hydrogens (tertiary/aromatic N) is 5. The summed E-state index contributed by atoms with van der Waals surface area (Å²) in [6, 6.07) is 9.23. The molecule has 2 aliphatic heterocycles. The Morgan fingerprint density at radius 2 is 2.09 bits per heavy atom. The molecule has 10 nitrogen and oxygen atoms in total. The van der Waals surface area contributed by atoms with Gasteiger partial charge < -0.3 is 19.6 Å². The van der Waals surface area contributed by atoms with Gasteiger partial charge in [-0.2, -0.15) is 15.1 Å². The van der Waals surface area contributed by atoms with Crippen LogP contribution in [0.4, 0.5) is 14.6 Å². The summed E-state index contributed by atoms with van der Waals surface area (Å²) in [5.74, 6) is -0.364. The largest absolute Gasteiger partial charge is 0.508 e. The Balaban J connectivity index is 1.35. The molecule has 5 aromatic rings. The minimum atomic E-state index is -0.913. The summed E-state index contributed by atoms with van der Waals surface area (Å²) in [6.45, 7) is 6.08. The number of aromatic nitrogens is 4. The Kier molecular flexibility index (Phi) is 6.95. The van der Waals surface area contributed by atoms with Crippen LogP contribution in [0.3, 0.4) is 0 Å². The second kappa shape index (κ2) is 10.8. The van der Waals surface area contributed by atoms with E-state index >= 15 is 4.39 Å². The van der Waals surface area contributed by atoms with Gasteiger partial charge in [0.2, 0.25) is 0 Å². The van der Waals surface area contributed by atoms with Crippen LogP contribution in [-0.2, 0) is 13.1 Å². The van der Waals surface area contributed by atoms with E-state index in [0.717, 1.165) is 25.1 Å². The maximum absolute atomic E-state index is 15.1. The molecule has 0 aliphatic carbocycles. The number of benzene rings is 2. The van der Waals surface area contributed by atoms with Crippen molar-refractivity contribution in [2.24, 2.45) is 0 Å². The van der Waals surface area contributed by atoms with Gasteiger partial charge in [0.05, 0.1) is 23.3 Å². The molecule has 0 radical (unpaired) electrons. The van der Waals surface area contributed by atoms with Gasteiger partial charge in [-0.25, -0.2) is 13.6 Å². The third kappa shape index (κ3) is 4.83. The van der Waals surface area contributed by atoms with Gasteiger partial charge in [-0.15, -0.1) is 0 Å². The molecule has 3 aromatic heterocycles. The molecule has 2 saturated heterocycles. The van der Waals surface area contributed by atoms with Crippen LogP contribution in [0.15, 0.2) is 51.8 Å². The second-order valence-electron chi connectivity index (χ2n) is 11.6. The van der Waals surface area contributed by atoms with E-state index in [-0.39, 0.29) is 58.3 Å². The van der Waals surface area contributed by atoms with Gasteiger partial charge in [0.1, 0.15) is 41.3 Å². The Hall–Kier alpha value is -4.58. The quantitative estimate of drug-likeness (QED) is 0.243.